The normalized spacial score (nSPS) is 14.9. The Hall–Kier alpha value is -1.23. The molecule has 0 spiro atoms. The van der Waals surface area contributed by atoms with E-state index in [0.717, 1.165) is 12.8 Å². The maximum Gasteiger partial charge on any atom is 0.323 e. The fraction of sp³-hybridized carbons (Fsp3) is 0.308. The Kier molecular flexibility index (Phi) is 5.07. The van der Waals surface area contributed by atoms with Crippen LogP contribution in [0.4, 0.5) is 10.5 Å². The van der Waals surface area contributed by atoms with E-state index in [1.165, 1.54) is 5.57 Å². The number of benzene rings is 1. The lowest BCUT2D eigenvalue weighted by Gasteiger charge is -2.14. The van der Waals surface area contributed by atoms with Gasteiger partial charge in [0.2, 0.25) is 0 Å². The number of rotatable bonds is 2. The third-order valence-electron chi connectivity index (χ3n) is 2.72. The number of halogens is 2. The molecule has 0 atom stereocenters. The zero-order chi connectivity index (χ0) is 13.7. The van der Waals surface area contributed by atoms with Crippen LogP contribution in [-0.2, 0) is 4.74 Å². The third kappa shape index (κ3) is 4.42. The largest absolute Gasteiger partial charge is 0.381 e. The minimum atomic E-state index is -0.344. The number of hydrogen-bond acceptors (Lipinski definition) is 2. The first kappa shape index (κ1) is 14.2. The first-order chi connectivity index (χ1) is 9.15. The summed E-state index contributed by atoms with van der Waals surface area (Å²) in [5, 5.41) is 6.29. The lowest BCUT2D eigenvalue weighted by Crippen LogP contribution is -2.25. The molecule has 2 N–H and O–H groups in total. The summed E-state index contributed by atoms with van der Waals surface area (Å²) in [5.74, 6) is 0. The van der Waals surface area contributed by atoms with E-state index in [1.807, 2.05) is 0 Å². The smallest absolute Gasteiger partial charge is 0.323 e. The van der Waals surface area contributed by atoms with Crippen LogP contribution in [-0.4, -0.2) is 19.2 Å². The molecule has 4 nitrogen and oxygen atoms in total. The number of hydrogen-bond donors (Lipinski definition) is 2. The molecule has 0 saturated carbocycles. The van der Waals surface area contributed by atoms with Crippen LogP contribution in [0, 0.1) is 0 Å². The number of amides is 2. The van der Waals surface area contributed by atoms with Crippen LogP contribution >= 0.6 is 23.2 Å². The number of carbonyl (C=O) groups is 1. The van der Waals surface area contributed by atoms with Crippen LogP contribution in [0.5, 0.6) is 0 Å². The Balaban J connectivity index is 1.92. The van der Waals surface area contributed by atoms with Crippen molar-refractivity contribution in [2.45, 2.75) is 12.8 Å². The highest BCUT2D eigenvalue weighted by molar-refractivity contribution is 6.35. The van der Waals surface area contributed by atoms with Crippen LogP contribution in [0.25, 0.3) is 0 Å². The topological polar surface area (TPSA) is 50.4 Å². The summed E-state index contributed by atoms with van der Waals surface area (Å²) >= 11 is 11.8. The van der Waals surface area contributed by atoms with Crippen molar-refractivity contribution in [3.63, 3.8) is 0 Å². The van der Waals surface area contributed by atoms with Gasteiger partial charge in [-0.15, -0.1) is 0 Å². The van der Waals surface area contributed by atoms with E-state index < -0.39 is 0 Å². The molecule has 2 rings (SSSR count). The van der Waals surface area contributed by atoms with E-state index in [-0.39, 0.29) is 6.03 Å². The van der Waals surface area contributed by atoms with Gasteiger partial charge < -0.3 is 15.4 Å². The SMILES string of the molecule is O=C(NC=C1CCOCC1)Nc1cc(Cl)ccc1Cl. The molecule has 0 aromatic heterocycles. The number of nitrogens with one attached hydrogen (secondary N) is 2. The molecular weight excluding hydrogens is 287 g/mol. The van der Waals surface area contributed by atoms with Gasteiger partial charge in [0.05, 0.1) is 23.9 Å². The van der Waals surface area contributed by atoms with Gasteiger partial charge in [0.15, 0.2) is 0 Å². The van der Waals surface area contributed by atoms with Crippen LogP contribution in [0.3, 0.4) is 0 Å². The number of ether oxygens (including phenoxy) is 1. The summed E-state index contributed by atoms with van der Waals surface area (Å²) < 4.78 is 5.23. The van der Waals surface area contributed by atoms with Gasteiger partial charge in [-0.25, -0.2) is 4.79 Å². The molecule has 1 heterocycles. The van der Waals surface area contributed by atoms with Gasteiger partial charge in [-0.2, -0.15) is 0 Å². The van der Waals surface area contributed by atoms with E-state index in [0.29, 0.717) is 28.9 Å². The van der Waals surface area contributed by atoms with Gasteiger partial charge >= 0.3 is 6.03 Å². The summed E-state index contributed by atoms with van der Waals surface area (Å²) in [6.45, 7) is 1.41. The predicted molar refractivity (Wildman–Crippen MR) is 76.8 cm³/mol. The summed E-state index contributed by atoms with van der Waals surface area (Å²) in [4.78, 5) is 11.7. The third-order valence-corrected chi connectivity index (χ3v) is 3.28. The van der Waals surface area contributed by atoms with Crippen molar-refractivity contribution in [2.24, 2.45) is 0 Å². The van der Waals surface area contributed by atoms with Gasteiger partial charge in [0.25, 0.3) is 0 Å². The second-order valence-corrected chi connectivity index (χ2v) is 4.98. The standard InChI is InChI=1S/C13H14Cl2N2O2/c14-10-1-2-11(15)12(7-10)17-13(18)16-8-9-3-5-19-6-4-9/h1-2,7-8H,3-6H2,(H2,16,17,18). The molecular formula is C13H14Cl2N2O2. The van der Waals surface area contributed by atoms with Crippen molar-refractivity contribution in [1.29, 1.82) is 0 Å². The zero-order valence-corrected chi connectivity index (χ0v) is 11.7. The summed E-state index contributed by atoms with van der Waals surface area (Å²) in [6, 6.07) is 4.56. The maximum atomic E-state index is 11.7. The van der Waals surface area contributed by atoms with Gasteiger partial charge in [0.1, 0.15) is 0 Å². The first-order valence-corrected chi connectivity index (χ1v) is 6.69. The Morgan fingerprint density at radius 2 is 2.00 bits per heavy atom. The zero-order valence-electron chi connectivity index (χ0n) is 10.2. The molecule has 6 heteroatoms. The molecule has 1 aromatic carbocycles. The number of carbonyl (C=O) groups excluding carboxylic acids is 1. The Bertz CT molecular complexity index is 495. The lowest BCUT2D eigenvalue weighted by molar-refractivity contribution is 0.119. The van der Waals surface area contributed by atoms with Crippen molar-refractivity contribution >= 4 is 34.9 Å². The van der Waals surface area contributed by atoms with E-state index >= 15 is 0 Å². The lowest BCUT2D eigenvalue weighted by atomic mass is 10.1. The van der Waals surface area contributed by atoms with Crippen LogP contribution in [0.15, 0.2) is 30.0 Å². The summed E-state index contributed by atoms with van der Waals surface area (Å²) in [5.41, 5.74) is 1.65. The minimum absolute atomic E-state index is 0.344. The van der Waals surface area contributed by atoms with Crippen molar-refractivity contribution < 1.29 is 9.53 Å². The minimum Gasteiger partial charge on any atom is -0.381 e. The average molecular weight is 301 g/mol. The Labute approximate surface area is 121 Å². The molecule has 0 unspecified atom stereocenters. The average Bonchev–Trinajstić information content (AvgIpc) is 2.42. The Morgan fingerprint density at radius 1 is 1.26 bits per heavy atom. The maximum absolute atomic E-state index is 11.7. The van der Waals surface area contributed by atoms with Gasteiger partial charge in [-0.3, -0.25) is 0 Å². The quantitative estimate of drug-likeness (QED) is 0.872. The van der Waals surface area contributed by atoms with Gasteiger partial charge in [0, 0.05) is 11.2 Å². The van der Waals surface area contributed by atoms with Crippen LogP contribution < -0.4 is 10.6 Å². The fourth-order valence-corrected chi connectivity index (χ4v) is 2.03. The molecule has 0 radical (unpaired) electrons. The number of anilines is 1. The Morgan fingerprint density at radius 3 is 2.74 bits per heavy atom. The molecule has 1 saturated heterocycles. The van der Waals surface area contributed by atoms with E-state index in [4.69, 9.17) is 27.9 Å². The highest BCUT2D eigenvalue weighted by atomic mass is 35.5. The van der Waals surface area contributed by atoms with Crippen molar-refractivity contribution in [3.8, 4) is 0 Å². The van der Waals surface area contributed by atoms with E-state index in [2.05, 4.69) is 10.6 Å². The highest BCUT2D eigenvalue weighted by Crippen LogP contribution is 2.25. The van der Waals surface area contributed by atoms with Crippen molar-refractivity contribution in [1.82, 2.24) is 5.32 Å². The van der Waals surface area contributed by atoms with Gasteiger partial charge in [-0.1, -0.05) is 23.2 Å². The van der Waals surface area contributed by atoms with E-state index in [9.17, 15) is 4.79 Å². The highest BCUT2D eigenvalue weighted by Gasteiger charge is 2.07. The molecule has 1 aromatic rings. The molecule has 1 aliphatic rings. The molecule has 2 amide bonds. The molecule has 0 bridgehead atoms. The predicted octanol–water partition coefficient (Wildman–Crippen LogP) is 3.81. The molecule has 102 valence electrons. The molecule has 1 aliphatic heterocycles. The van der Waals surface area contributed by atoms with Crippen molar-refractivity contribution in [3.05, 3.63) is 40.0 Å². The van der Waals surface area contributed by atoms with E-state index in [1.54, 1.807) is 24.4 Å². The fourth-order valence-electron chi connectivity index (χ4n) is 1.70. The molecule has 1 fully saturated rings. The second kappa shape index (κ2) is 6.80. The second-order valence-electron chi connectivity index (χ2n) is 4.14. The first-order valence-electron chi connectivity index (χ1n) is 5.93. The monoisotopic (exact) mass is 300 g/mol. The molecule has 0 aliphatic carbocycles. The molecule has 19 heavy (non-hydrogen) atoms. The van der Waals surface area contributed by atoms with Crippen molar-refractivity contribution in [2.75, 3.05) is 18.5 Å². The summed E-state index contributed by atoms with van der Waals surface area (Å²) in [6.07, 6.45) is 3.41. The van der Waals surface area contributed by atoms with Gasteiger partial charge in [-0.05, 0) is 36.6 Å². The summed E-state index contributed by atoms with van der Waals surface area (Å²) in [7, 11) is 0. The number of urea groups is 1. The van der Waals surface area contributed by atoms with Crippen LogP contribution in [0.1, 0.15) is 12.8 Å². The van der Waals surface area contributed by atoms with Crippen LogP contribution in [0.2, 0.25) is 10.0 Å².